The number of benzene rings is 2. The Balaban J connectivity index is 1.79. The third-order valence-corrected chi connectivity index (χ3v) is 4.62. The average molecular weight is 448 g/mol. The van der Waals surface area contributed by atoms with Crippen LogP contribution in [-0.2, 0) is 11.2 Å². The van der Waals surface area contributed by atoms with E-state index in [9.17, 15) is 9.59 Å². The van der Waals surface area contributed by atoms with E-state index in [1.54, 1.807) is 43.3 Å². The minimum Gasteiger partial charge on any atom is -0.349 e. The molecule has 0 atom stereocenters. The number of hydrogen-bond donors (Lipinski definition) is 3. The lowest BCUT2D eigenvalue weighted by molar-refractivity contribution is -0.128. The van der Waals surface area contributed by atoms with Crippen molar-refractivity contribution in [1.29, 1.82) is 0 Å². The number of amides is 3. The van der Waals surface area contributed by atoms with E-state index in [0.717, 1.165) is 5.56 Å². The minimum atomic E-state index is -0.488. The van der Waals surface area contributed by atoms with Gasteiger partial charge in [-0.25, -0.2) is 9.89 Å². The molecule has 0 aliphatic carbocycles. The SMILES string of the molecule is CN(C)C(=O)CCc1ccc(NC(=O)Nc2cc(Cl)cc(Cl)c2)c(-c2nnn[nH]2)c1. The first-order valence-corrected chi connectivity index (χ1v) is 9.68. The number of carbonyl (C=O) groups excluding carboxylic acids is 2. The minimum absolute atomic E-state index is 0.0274. The van der Waals surface area contributed by atoms with E-state index in [1.807, 2.05) is 12.1 Å². The van der Waals surface area contributed by atoms with Crippen LogP contribution in [0.4, 0.5) is 16.2 Å². The van der Waals surface area contributed by atoms with Crippen LogP contribution in [0.2, 0.25) is 10.0 Å². The van der Waals surface area contributed by atoms with Gasteiger partial charge in [0.05, 0.1) is 5.69 Å². The molecule has 0 radical (unpaired) electrons. The number of carbonyl (C=O) groups is 2. The highest BCUT2D eigenvalue weighted by Crippen LogP contribution is 2.27. The molecule has 2 aromatic carbocycles. The number of aromatic amines is 1. The number of nitrogens with zero attached hydrogens (tertiary/aromatic N) is 4. The summed E-state index contributed by atoms with van der Waals surface area (Å²) < 4.78 is 0. The molecule has 3 rings (SSSR count). The summed E-state index contributed by atoms with van der Waals surface area (Å²) in [5.41, 5.74) is 2.44. The Morgan fingerprint density at radius 3 is 2.43 bits per heavy atom. The van der Waals surface area contributed by atoms with Crippen LogP contribution in [0.1, 0.15) is 12.0 Å². The zero-order valence-electron chi connectivity index (χ0n) is 16.2. The lowest BCUT2D eigenvalue weighted by Crippen LogP contribution is -2.22. The second-order valence-corrected chi connectivity index (χ2v) is 7.53. The highest BCUT2D eigenvalue weighted by molar-refractivity contribution is 6.35. The summed E-state index contributed by atoms with van der Waals surface area (Å²) in [4.78, 5) is 25.9. The van der Waals surface area contributed by atoms with Gasteiger partial charge in [-0.3, -0.25) is 4.79 Å². The molecule has 0 saturated heterocycles. The van der Waals surface area contributed by atoms with E-state index >= 15 is 0 Å². The summed E-state index contributed by atoms with van der Waals surface area (Å²) in [6, 6.07) is 9.65. The average Bonchev–Trinajstić information content (AvgIpc) is 3.20. The summed E-state index contributed by atoms with van der Waals surface area (Å²) in [5, 5.41) is 20.1. The Labute approximate surface area is 182 Å². The lowest BCUT2D eigenvalue weighted by Gasteiger charge is -2.13. The maximum Gasteiger partial charge on any atom is 0.323 e. The van der Waals surface area contributed by atoms with Crippen LogP contribution in [0, 0.1) is 0 Å². The number of aromatic nitrogens is 4. The Morgan fingerprint density at radius 2 is 1.80 bits per heavy atom. The van der Waals surface area contributed by atoms with E-state index in [4.69, 9.17) is 23.2 Å². The molecule has 3 aromatic rings. The van der Waals surface area contributed by atoms with E-state index in [-0.39, 0.29) is 5.91 Å². The molecule has 0 unspecified atom stereocenters. The second kappa shape index (κ2) is 9.55. The lowest BCUT2D eigenvalue weighted by atomic mass is 10.0. The van der Waals surface area contributed by atoms with E-state index in [0.29, 0.717) is 45.6 Å². The van der Waals surface area contributed by atoms with Crippen LogP contribution >= 0.6 is 23.2 Å². The first-order chi connectivity index (χ1) is 14.3. The zero-order valence-corrected chi connectivity index (χ0v) is 17.8. The number of tetrazole rings is 1. The van der Waals surface area contributed by atoms with Gasteiger partial charge in [0.15, 0.2) is 5.82 Å². The van der Waals surface area contributed by atoms with Crippen LogP contribution in [0.15, 0.2) is 36.4 Å². The standard InChI is InChI=1S/C19H19Cl2N7O2/c1-28(2)17(29)6-4-11-3-5-16(15(7-11)18-24-26-27-25-18)23-19(30)22-14-9-12(20)8-13(21)10-14/h3,5,7-10H,4,6H2,1-2H3,(H2,22,23,30)(H,24,25,26,27). The van der Waals surface area contributed by atoms with Crippen LogP contribution in [-0.4, -0.2) is 51.6 Å². The van der Waals surface area contributed by atoms with Crippen molar-refractivity contribution < 1.29 is 9.59 Å². The van der Waals surface area contributed by atoms with Crippen LogP contribution in [0.5, 0.6) is 0 Å². The predicted octanol–water partition coefficient (Wildman–Crippen LogP) is 3.84. The van der Waals surface area contributed by atoms with Gasteiger partial charge in [-0.2, -0.15) is 0 Å². The van der Waals surface area contributed by atoms with Gasteiger partial charge in [-0.15, -0.1) is 5.10 Å². The summed E-state index contributed by atoms with van der Waals surface area (Å²) in [5.74, 6) is 0.413. The molecule has 0 saturated carbocycles. The number of nitrogens with one attached hydrogen (secondary N) is 3. The molecule has 0 bridgehead atoms. The summed E-state index contributed by atoms with van der Waals surface area (Å²) in [6.45, 7) is 0. The number of rotatable bonds is 6. The van der Waals surface area contributed by atoms with E-state index in [2.05, 4.69) is 31.3 Å². The largest absolute Gasteiger partial charge is 0.349 e. The van der Waals surface area contributed by atoms with Crippen molar-refractivity contribution in [2.45, 2.75) is 12.8 Å². The van der Waals surface area contributed by atoms with Crippen molar-refractivity contribution in [1.82, 2.24) is 25.5 Å². The molecule has 0 spiro atoms. The Bertz CT molecular complexity index is 1030. The number of hydrogen-bond acceptors (Lipinski definition) is 5. The van der Waals surface area contributed by atoms with Crippen molar-refractivity contribution in [3.8, 4) is 11.4 Å². The molecule has 30 heavy (non-hydrogen) atoms. The van der Waals surface area contributed by atoms with E-state index in [1.165, 1.54) is 0 Å². The molecule has 9 nitrogen and oxygen atoms in total. The van der Waals surface area contributed by atoms with Crippen molar-refractivity contribution >= 4 is 46.5 Å². The monoisotopic (exact) mass is 447 g/mol. The molecule has 1 aromatic heterocycles. The van der Waals surface area contributed by atoms with Gasteiger partial charge in [0.2, 0.25) is 5.91 Å². The van der Waals surface area contributed by atoms with Crippen molar-refractivity contribution in [3.05, 3.63) is 52.0 Å². The molecular weight excluding hydrogens is 429 g/mol. The Hall–Kier alpha value is -3.17. The molecule has 11 heteroatoms. The topological polar surface area (TPSA) is 116 Å². The zero-order chi connectivity index (χ0) is 21.7. The first-order valence-electron chi connectivity index (χ1n) is 8.93. The van der Waals surface area contributed by atoms with E-state index < -0.39 is 6.03 Å². The van der Waals surface area contributed by atoms with Gasteiger partial charge in [0.1, 0.15) is 0 Å². The van der Waals surface area contributed by atoms with Gasteiger partial charge in [0.25, 0.3) is 0 Å². The van der Waals surface area contributed by atoms with Crippen LogP contribution in [0.25, 0.3) is 11.4 Å². The third kappa shape index (κ3) is 5.68. The predicted molar refractivity (Wildman–Crippen MR) is 116 cm³/mol. The molecule has 0 aliphatic heterocycles. The number of anilines is 2. The summed E-state index contributed by atoms with van der Waals surface area (Å²) >= 11 is 11.9. The fourth-order valence-corrected chi connectivity index (χ4v) is 3.24. The number of H-pyrrole nitrogens is 1. The molecule has 0 fully saturated rings. The summed E-state index contributed by atoms with van der Waals surface area (Å²) in [7, 11) is 3.43. The fraction of sp³-hybridized carbons (Fsp3) is 0.211. The highest BCUT2D eigenvalue weighted by Gasteiger charge is 2.14. The molecule has 3 amide bonds. The highest BCUT2D eigenvalue weighted by atomic mass is 35.5. The Kier molecular flexibility index (Phi) is 6.86. The number of halogens is 2. The molecule has 3 N–H and O–H groups in total. The van der Waals surface area contributed by atoms with Gasteiger partial charge in [0, 0.05) is 41.8 Å². The molecule has 156 valence electrons. The van der Waals surface area contributed by atoms with Gasteiger partial charge >= 0.3 is 6.03 Å². The molecule has 0 aliphatic rings. The van der Waals surface area contributed by atoms with Crippen LogP contribution in [0.3, 0.4) is 0 Å². The second-order valence-electron chi connectivity index (χ2n) is 6.66. The fourth-order valence-electron chi connectivity index (χ4n) is 2.71. The molecular formula is C19H19Cl2N7O2. The third-order valence-electron chi connectivity index (χ3n) is 4.18. The molecule has 1 heterocycles. The van der Waals surface area contributed by atoms with Gasteiger partial charge in [-0.1, -0.05) is 29.3 Å². The van der Waals surface area contributed by atoms with Crippen molar-refractivity contribution in [2.24, 2.45) is 0 Å². The summed E-state index contributed by atoms with van der Waals surface area (Å²) in [6.07, 6.45) is 0.906. The number of urea groups is 1. The van der Waals surface area contributed by atoms with Gasteiger partial charge < -0.3 is 15.5 Å². The maximum absolute atomic E-state index is 12.5. The smallest absolute Gasteiger partial charge is 0.323 e. The number of aryl methyl sites for hydroxylation is 1. The van der Waals surface area contributed by atoms with Gasteiger partial charge in [-0.05, 0) is 52.7 Å². The van der Waals surface area contributed by atoms with Crippen molar-refractivity contribution in [2.75, 3.05) is 24.7 Å². The van der Waals surface area contributed by atoms with Crippen LogP contribution < -0.4 is 10.6 Å². The van der Waals surface area contributed by atoms with Crippen molar-refractivity contribution in [3.63, 3.8) is 0 Å². The first kappa shape index (κ1) is 21.5. The normalized spacial score (nSPS) is 10.5. The quantitative estimate of drug-likeness (QED) is 0.530. The maximum atomic E-state index is 12.5. The Morgan fingerprint density at radius 1 is 1.07 bits per heavy atom.